The Bertz CT molecular complexity index is 704. The van der Waals surface area contributed by atoms with Gasteiger partial charge in [0.1, 0.15) is 17.0 Å². The van der Waals surface area contributed by atoms with Crippen LogP contribution in [0.4, 0.5) is 0 Å². The summed E-state index contributed by atoms with van der Waals surface area (Å²) in [6, 6.07) is 5.67. The van der Waals surface area contributed by atoms with Crippen molar-refractivity contribution in [2.24, 2.45) is 5.41 Å². The van der Waals surface area contributed by atoms with Gasteiger partial charge >= 0.3 is 5.97 Å². The van der Waals surface area contributed by atoms with Gasteiger partial charge in [-0.15, -0.1) is 0 Å². The molecule has 2 heterocycles. The van der Waals surface area contributed by atoms with Crippen molar-refractivity contribution < 1.29 is 23.7 Å². The lowest BCUT2D eigenvalue weighted by Crippen LogP contribution is -2.51. The molecule has 2 aliphatic rings. The minimum Gasteiger partial charge on any atom is -0.496 e. The molecule has 0 saturated carbocycles. The van der Waals surface area contributed by atoms with E-state index in [0.29, 0.717) is 11.5 Å². The molecule has 0 bridgehead atoms. The minimum absolute atomic E-state index is 0.134. The number of carbonyl (C=O) groups is 1. The Balaban J connectivity index is 2.07. The zero-order valence-electron chi connectivity index (χ0n) is 16.6. The number of esters is 1. The number of benzene rings is 1. The van der Waals surface area contributed by atoms with E-state index in [0.717, 1.165) is 24.9 Å². The Labute approximate surface area is 174 Å². The molecule has 3 rings (SSSR count). The first-order chi connectivity index (χ1) is 12.8. The SMILES string of the molecule is COCOc1cccc(OC)c1C(I)[C@@]12CCCN1[C@@H](C(C)(C)C)OC2=O. The van der Waals surface area contributed by atoms with Crippen LogP contribution in [0.1, 0.15) is 43.1 Å². The van der Waals surface area contributed by atoms with Crippen molar-refractivity contribution in [3.05, 3.63) is 23.8 Å². The molecule has 27 heavy (non-hydrogen) atoms. The second kappa shape index (κ2) is 7.75. The van der Waals surface area contributed by atoms with Crippen molar-refractivity contribution in [2.75, 3.05) is 27.6 Å². The van der Waals surface area contributed by atoms with E-state index >= 15 is 0 Å². The molecule has 1 aromatic carbocycles. The largest absolute Gasteiger partial charge is 0.496 e. The molecular formula is C20H28INO5. The summed E-state index contributed by atoms with van der Waals surface area (Å²) in [6.45, 7) is 7.30. The van der Waals surface area contributed by atoms with Crippen LogP contribution in [-0.2, 0) is 14.3 Å². The second-order valence-electron chi connectivity index (χ2n) is 8.13. The summed E-state index contributed by atoms with van der Waals surface area (Å²) in [6.07, 6.45) is 1.49. The third-order valence-electron chi connectivity index (χ3n) is 5.32. The van der Waals surface area contributed by atoms with Gasteiger partial charge in [-0.1, -0.05) is 49.4 Å². The van der Waals surface area contributed by atoms with E-state index in [1.54, 1.807) is 14.2 Å². The number of nitrogens with zero attached hydrogens (tertiary/aromatic N) is 1. The van der Waals surface area contributed by atoms with E-state index in [1.165, 1.54) is 0 Å². The van der Waals surface area contributed by atoms with Gasteiger partial charge in [-0.2, -0.15) is 0 Å². The lowest BCUT2D eigenvalue weighted by Gasteiger charge is -2.38. The van der Waals surface area contributed by atoms with Crippen molar-refractivity contribution >= 4 is 28.6 Å². The van der Waals surface area contributed by atoms with Gasteiger partial charge in [0, 0.05) is 19.1 Å². The Morgan fingerprint density at radius 3 is 2.67 bits per heavy atom. The first kappa shape index (κ1) is 20.7. The predicted molar refractivity (Wildman–Crippen MR) is 110 cm³/mol. The van der Waals surface area contributed by atoms with Crippen molar-refractivity contribution in [3.63, 3.8) is 0 Å². The number of rotatable bonds is 6. The number of hydrogen-bond donors (Lipinski definition) is 0. The molecule has 3 atom stereocenters. The number of cyclic esters (lactones) is 1. The van der Waals surface area contributed by atoms with Crippen molar-refractivity contribution in [3.8, 4) is 11.5 Å². The van der Waals surface area contributed by atoms with Crippen LogP contribution in [0.3, 0.4) is 0 Å². The fraction of sp³-hybridized carbons (Fsp3) is 0.650. The van der Waals surface area contributed by atoms with Crippen molar-refractivity contribution in [1.29, 1.82) is 0 Å². The third kappa shape index (κ3) is 3.42. The molecule has 7 heteroatoms. The van der Waals surface area contributed by atoms with Gasteiger partial charge in [0.15, 0.2) is 13.0 Å². The highest BCUT2D eigenvalue weighted by molar-refractivity contribution is 14.1. The van der Waals surface area contributed by atoms with E-state index in [2.05, 4.69) is 48.3 Å². The average Bonchev–Trinajstić information content (AvgIpc) is 3.18. The fourth-order valence-electron chi connectivity index (χ4n) is 4.13. The van der Waals surface area contributed by atoms with Crippen molar-refractivity contribution in [2.45, 2.75) is 49.3 Å². The molecule has 2 aliphatic heterocycles. The lowest BCUT2D eigenvalue weighted by atomic mass is 9.86. The van der Waals surface area contributed by atoms with Crippen LogP contribution in [0, 0.1) is 5.41 Å². The Morgan fingerprint density at radius 1 is 1.33 bits per heavy atom. The van der Waals surface area contributed by atoms with Crippen molar-refractivity contribution in [1.82, 2.24) is 4.90 Å². The van der Waals surface area contributed by atoms with Crippen LogP contribution >= 0.6 is 22.6 Å². The first-order valence-electron chi connectivity index (χ1n) is 9.18. The molecule has 0 N–H and O–H groups in total. The summed E-state index contributed by atoms with van der Waals surface area (Å²) < 4.78 is 22.2. The van der Waals surface area contributed by atoms with Crippen LogP contribution in [0.15, 0.2) is 18.2 Å². The minimum atomic E-state index is -0.710. The molecule has 0 aromatic heterocycles. The molecule has 0 aliphatic carbocycles. The summed E-state index contributed by atoms with van der Waals surface area (Å²) in [7, 11) is 3.22. The number of halogens is 1. The quantitative estimate of drug-likeness (QED) is 0.262. The maximum atomic E-state index is 13.2. The molecule has 6 nitrogen and oxygen atoms in total. The Morgan fingerprint density at radius 2 is 2.04 bits per heavy atom. The summed E-state index contributed by atoms with van der Waals surface area (Å²) in [4.78, 5) is 15.4. The molecule has 0 spiro atoms. The smallest absolute Gasteiger partial charge is 0.329 e. The topological polar surface area (TPSA) is 57.2 Å². The number of methoxy groups -OCH3 is 2. The molecular weight excluding hydrogens is 461 g/mol. The summed E-state index contributed by atoms with van der Waals surface area (Å²) in [5.74, 6) is 1.22. The Kier molecular flexibility index (Phi) is 5.93. The van der Waals surface area contributed by atoms with Crippen LogP contribution in [0.25, 0.3) is 0 Å². The van der Waals surface area contributed by atoms with Gasteiger partial charge < -0.3 is 18.9 Å². The molecule has 1 unspecified atom stereocenters. The van der Waals surface area contributed by atoms with Gasteiger partial charge in [-0.25, -0.2) is 4.79 Å². The number of ether oxygens (including phenoxy) is 4. The molecule has 2 saturated heterocycles. The number of carbonyl (C=O) groups excluding carboxylic acids is 1. The standard InChI is InChI=1S/C20H28INO5/c1-19(2,3)17-22-11-7-10-20(22,18(23)27-17)16(21)15-13(25-5)8-6-9-14(15)26-12-24-4/h6,8-9,16-17H,7,10-12H2,1-5H3/t16?,17-,20-/m1/s1. The van der Waals surface area contributed by atoms with E-state index in [4.69, 9.17) is 18.9 Å². The molecule has 2 fully saturated rings. The monoisotopic (exact) mass is 489 g/mol. The zero-order valence-corrected chi connectivity index (χ0v) is 18.7. The zero-order chi connectivity index (χ0) is 19.8. The highest BCUT2D eigenvalue weighted by Crippen LogP contribution is 2.56. The van der Waals surface area contributed by atoms with Gasteiger partial charge in [0.2, 0.25) is 0 Å². The number of fused-ring (bicyclic) bond motifs is 1. The van der Waals surface area contributed by atoms with E-state index < -0.39 is 5.54 Å². The van der Waals surface area contributed by atoms with Gasteiger partial charge in [-0.3, -0.25) is 4.90 Å². The summed E-state index contributed by atoms with van der Waals surface area (Å²) in [5, 5.41) is 0. The van der Waals surface area contributed by atoms with Crippen LogP contribution in [-0.4, -0.2) is 50.2 Å². The summed E-state index contributed by atoms with van der Waals surface area (Å²) in [5.41, 5.74) is 0.00289. The van der Waals surface area contributed by atoms with E-state index in [9.17, 15) is 4.79 Å². The van der Waals surface area contributed by atoms with E-state index in [1.807, 2.05) is 18.2 Å². The van der Waals surface area contributed by atoms with Crippen LogP contribution < -0.4 is 9.47 Å². The Hall–Kier alpha value is -1.06. The molecule has 0 amide bonds. The van der Waals surface area contributed by atoms with Crippen LogP contribution in [0.2, 0.25) is 0 Å². The van der Waals surface area contributed by atoms with Crippen LogP contribution in [0.5, 0.6) is 11.5 Å². The first-order valence-corrected chi connectivity index (χ1v) is 10.4. The van der Waals surface area contributed by atoms with Gasteiger partial charge in [0.25, 0.3) is 0 Å². The second-order valence-corrected chi connectivity index (χ2v) is 9.38. The molecule has 1 aromatic rings. The molecule has 0 radical (unpaired) electrons. The maximum absolute atomic E-state index is 13.2. The lowest BCUT2D eigenvalue weighted by molar-refractivity contribution is -0.149. The number of alkyl halides is 1. The molecule has 150 valence electrons. The highest BCUT2D eigenvalue weighted by Gasteiger charge is 2.64. The normalized spacial score (nSPS) is 26.6. The predicted octanol–water partition coefficient (Wildman–Crippen LogP) is 3.92. The van der Waals surface area contributed by atoms with Gasteiger partial charge in [-0.05, 0) is 25.0 Å². The highest BCUT2D eigenvalue weighted by atomic mass is 127. The maximum Gasteiger partial charge on any atom is 0.329 e. The summed E-state index contributed by atoms with van der Waals surface area (Å²) >= 11 is 2.35. The average molecular weight is 489 g/mol. The number of hydrogen-bond acceptors (Lipinski definition) is 6. The van der Waals surface area contributed by atoms with E-state index in [-0.39, 0.29) is 28.3 Å². The third-order valence-corrected chi connectivity index (χ3v) is 6.97. The van der Waals surface area contributed by atoms with Gasteiger partial charge in [0.05, 0.1) is 16.6 Å². The fourth-order valence-corrected chi connectivity index (χ4v) is 5.67.